The maximum absolute atomic E-state index is 12.5. The van der Waals surface area contributed by atoms with Gasteiger partial charge in [0.1, 0.15) is 5.60 Å². The molecular formula is C22H28ClN3O3. The Kier molecular flexibility index (Phi) is 6.63. The van der Waals surface area contributed by atoms with Gasteiger partial charge in [0, 0.05) is 22.4 Å². The van der Waals surface area contributed by atoms with Crippen LogP contribution < -0.4 is 10.6 Å². The number of pyridine rings is 1. The lowest BCUT2D eigenvalue weighted by Crippen LogP contribution is -2.42. The second-order valence-corrected chi connectivity index (χ2v) is 8.99. The fourth-order valence-electron chi connectivity index (χ4n) is 3.53. The Bertz CT molecular complexity index is 886. The molecule has 1 aromatic carbocycles. The summed E-state index contributed by atoms with van der Waals surface area (Å²) in [5.74, 6) is 0.00432. The predicted octanol–water partition coefficient (Wildman–Crippen LogP) is 4.59. The molecule has 0 unspecified atom stereocenters. The van der Waals surface area contributed by atoms with Crippen LogP contribution in [0.3, 0.4) is 0 Å². The summed E-state index contributed by atoms with van der Waals surface area (Å²) in [6, 6.07) is 9.48. The first-order valence-electron chi connectivity index (χ1n) is 10.0. The van der Waals surface area contributed by atoms with Crippen LogP contribution in [0.25, 0.3) is 10.9 Å². The Balaban J connectivity index is 1.45. The number of nitrogens with zero attached hydrogens (tertiary/aromatic N) is 1. The molecule has 0 atom stereocenters. The molecule has 1 heterocycles. The number of aromatic nitrogens is 1. The molecule has 1 aliphatic carbocycles. The molecule has 1 saturated carbocycles. The van der Waals surface area contributed by atoms with Gasteiger partial charge in [-0.2, -0.15) is 0 Å². The van der Waals surface area contributed by atoms with Gasteiger partial charge in [-0.15, -0.1) is 0 Å². The molecule has 1 aromatic heterocycles. The molecule has 0 radical (unpaired) electrons. The van der Waals surface area contributed by atoms with Crippen LogP contribution in [0.4, 0.5) is 4.79 Å². The highest BCUT2D eigenvalue weighted by atomic mass is 35.5. The van der Waals surface area contributed by atoms with Crippen LogP contribution in [0.2, 0.25) is 5.02 Å². The molecule has 29 heavy (non-hydrogen) atoms. The number of alkyl carbamates (subject to hydrolysis) is 1. The minimum atomic E-state index is -0.510. The van der Waals surface area contributed by atoms with Crippen LogP contribution in [-0.4, -0.2) is 28.6 Å². The van der Waals surface area contributed by atoms with Gasteiger partial charge in [-0.3, -0.25) is 9.78 Å². The second kappa shape index (κ2) is 8.99. The van der Waals surface area contributed by atoms with E-state index in [2.05, 4.69) is 15.6 Å². The molecule has 0 spiro atoms. The van der Waals surface area contributed by atoms with E-state index in [9.17, 15) is 9.59 Å². The molecule has 3 rings (SSSR count). The lowest BCUT2D eigenvalue weighted by Gasteiger charge is -2.29. The molecule has 156 valence electrons. The minimum absolute atomic E-state index is 0.0362. The monoisotopic (exact) mass is 417 g/mol. The predicted molar refractivity (Wildman–Crippen MR) is 114 cm³/mol. The Hall–Kier alpha value is -2.34. The van der Waals surface area contributed by atoms with E-state index < -0.39 is 11.7 Å². The van der Waals surface area contributed by atoms with E-state index in [0.29, 0.717) is 11.6 Å². The van der Waals surface area contributed by atoms with Crippen molar-refractivity contribution in [1.29, 1.82) is 0 Å². The Morgan fingerprint density at radius 3 is 2.55 bits per heavy atom. The number of nitrogens with one attached hydrogen (secondary N) is 2. The van der Waals surface area contributed by atoms with Gasteiger partial charge in [-0.1, -0.05) is 17.7 Å². The van der Waals surface area contributed by atoms with Crippen molar-refractivity contribution >= 4 is 34.5 Å². The molecule has 2 aromatic rings. The molecule has 2 N–H and O–H groups in total. The third-order valence-electron chi connectivity index (χ3n) is 4.97. The number of carbonyl (C=O) groups is 2. The first-order valence-corrected chi connectivity index (χ1v) is 10.4. The van der Waals surface area contributed by atoms with Gasteiger partial charge in [0.05, 0.1) is 17.8 Å². The fraction of sp³-hybridized carbons (Fsp3) is 0.500. The average molecular weight is 418 g/mol. The molecule has 6 nitrogen and oxygen atoms in total. The highest BCUT2D eigenvalue weighted by molar-refractivity contribution is 6.31. The number of fused-ring (bicyclic) bond motifs is 1. The van der Waals surface area contributed by atoms with Crippen molar-refractivity contribution < 1.29 is 14.3 Å². The zero-order valence-electron chi connectivity index (χ0n) is 17.1. The third kappa shape index (κ3) is 6.32. The van der Waals surface area contributed by atoms with Crippen molar-refractivity contribution in [2.75, 3.05) is 0 Å². The van der Waals surface area contributed by atoms with Crippen LogP contribution in [0.5, 0.6) is 0 Å². The summed E-state index contributed by atoms with van der Waals surface area (Å²) < 4.78 is 5.30. The molecule has 0 bridgehead atoms. The van der Waals surface area contributed by atoms with Crippen molar-refractivity contribution in [2.45, 2.75) is 64.6 Å². The van der Waals surface area contributed by atoms with Crippen molar-refractivity contribution in [3.05, 3.63) is 41.0 Å². The van der Waals surface area contributed by atoms with E-state index in [-0.39, 0.29) is 17.9 Å². The Labute approximate surface area is 176 Å². The van der Waals surface area contributed by atoms with E-state index in [0.717, 1.165) is 42.3 Å². The normalized spacial score (nSPS) is 19.6. The Morgan fingerprint density at radius 2 is 1.86 bits per heavy atom. The molecule has 0 aliphatic heterocycles. The zero-order valence-corrected chi connectivity index (χ0v) is 17.9. The number of rotatable bonds is 4. The van der Waals surface area contributed by atoms with Gasteiger partial charge in [0.25, 0.3) is 0 Å². The van der Waals surface area contributed by atoms with Crippen LogP contribution in [0.1, 0.15) is 52.1 Å². The summed E-state index contributed by atoms with van der Waals surface area (Å²) in [5.41, 5.74) is 1.16. The van der Waals surface area contributed by atoms with Crippen LogP contribution >= 0.6 is 11.6 Å². The van der Waals surface area contributed by atoms with Gasteiger partial charge in [0.15, 0.2) is 0 Å². The molecule has 7 heteroatoms. The molecule has 0 saturated heterocycles. The zero-order chi connectivity index (χ0) is 21.0. The maximum atomic E-state index is 12.5. The van der Waals surface area contributed by atoms with Gasteiger partial charge < -0.3 is 15.4 Å². The summed E-state index contributed by atoms with van der Waals surface area (Å²) in [6.07, 6.45) is 2.64. The highest BCUT2D eigenvalue weighted by Crippen LogP contribution is 2.25. The molecule has 2 amide bonds. The molecule has 1 fully saturated rings. The van der Waals surface area contributed by atoms with Crippen molar-refractivity contribution in [3.8, 4) is 0 Å². The largest absolute Gasteiger partial charge is 0.444 e. The van der Waals surface area contributed by atoms with E-state index in [1.807, 2.05) is 51.1 Å². The molecule has 1 aliphatic rings. The standard InChI is InChI=1S/C22H28ClN3O3/c1-22(2,3)29-21(28)26-17-8-4-14(5-9-17)20(27)24-13-18-10-6-15-12-16(23)7-11-19(15)25-18/h6-7,10-12,14,17H,4-5,8-9,13H2,1-3H3,(H,24,27)(H,26,28). The van der Waals surface area contributed by atoms with Crippen LogP contribution in [-0.2, 0) is 16.1 Å². The highest BCUT2D eigenvalue weighted by Gasteiger charge is 2.28. The van der Waals surface area contributed by atoms with Gasteiger partial charge in [0.2, 0.25) is 5.91 Å². The smallest absolute Gasteiger partial charge is 0.407 e. The van der Waals surface area contributed by atoms with Crippen molar-refractivity contribution in [1.82, 2.24) is 15.6 Å². The number of ether oxygens (including phenoxy) is 1. The first kappa shape index (κ1) is 21.4. The van der Waals surface area contributed by atoms with Crippen LogP contribution in [0, 0.1) is 5.92 Å². The lowest BCUT2D eigenvalue weighted by molar-refractivity contribution is -0.126. The number of hydrogen-bond acceptors (Lipinski definition) is 4. The number of carbonyl (C=O) groups excluding carboxylic acids is 2. The number of amides is 2. The summed E-state index contributed by atoms with van der Waals surface area (Å²) >= 11 is 6.00. The number of hydrogen-bond donors (Lipinski definition) is 2. The average Bonchev–Trinajstić information content (AvgIpc) is 2.65. The van der Waals surface area contributed by atoms with Gasteiger partial charge in [-0.05, 0) is 70.7 Å². The SMILES string of the molecule is CC(C)(C)OC(=O)NC1CCC(C(=O)NCc2ccc3cc(Cl)ccc3n2)CC1. The van der Waals surface area contributed by atoms with E-state index in [1.165, 1.54) is 0 Å². The fourth-order valence-corrected chi connectivity index (χ4v) is 3.71. The summed E-state index contributed by atoms with van der Waals surface area (Å²) in [4.78, 5) is 29.0. The van der Waals surface area contributed by atoms with Gasteiger partial charge in [-0.25, -0.2) is 4.79 Å². The van der Waals surface area contributed by atoms with E-state index in [4.69, 9.17) is 16.3 Å². The van der Waals surface area contributed by atoms with Crippen molar-refractivity contribution in [2.24, 2.45) is 5.92 Å². The first-order chi connectivity index (χ1) is 13.7. The number of benzene rings is 1. The molecular weight excluding hydrogens is 390 g/mol. The topological polar surface area (TPSA) is 80.3 Å². The second-order valence-electron chi connectivity index (χ2n) is 8.55. The quantitative estimate of drug-likeness (QED) is 0.762. The number of halogens is 1. The van der Waals surface area contributed by atoms with E-state index >= 15 is 0 Å². The minimum Gasteiger partial charge on any atom is -0.444 e. The lowest BCUT2D eigenvalue weighted by atomic mass is 9.85. The third-order valence-corrected chi connectivity index (χ3v) is 5.21. The Morgan fingerprint density at radius 1 is 1.14 bits per heavy atom. The summed E-state index contributed by atoms with van der Waals surface area (Å²) in [7, 11) is 0. The maximum Gasteiger partial charge on any atom is 0.407 e. The van der Waals surface area contributed by atoms with E-state index in [1.54, 1.807) is 0 Å². The summed E-state index contributed by atoms with van der Waals surface area (Å²) in [5, 5.41) is 7.55. The summed E-state index contributed by atoms with van der Waals surface area (Å²) in [6.45, 7) is 5.92. The van der Waals surface area contributed by atoms with Crippen molar-refractivity contribution in [3.63, 3.8) is 0 Å². The van der Waals surface area contributed by atoms with Gasteiger partial charge >= 0.3 is 6.09 Å². The van der Waals surface area contributed by atoms with Crippen LogP contribution in [0.15, 0.2) is 30.3 Å².